The smallest absolute Gasteiger partial charge is 0.227 e. The predicted molar refractivity (Wildman–Crippen MR) is 122 cm³/mol. The Hall–Kier alpha value is -1.11. The Morgan fingerprint density at radius 3 is 2.54 bits per heavy atom. The highest BCUT2D eigenvalue weighted by Gasteiger charge is 2.47. The first-order valence-electron chi connectivity index (χ1n) is 10.3. The molecule has 0 unspecified atom stereocenters. The topological polar surface area (TPSA) is 51.2 Å². The van der Waals surface area contributed by atoms with E-state index < -0.39 is 8.32 Å². The van der Waals surface area contributed by atoms with E-state index in [0.29, 0.717) is 0 Å². The second-order valence-electron chi connectivity index (χ2n) is 9.67. The van der Waals surface area contributed by atoms with E-state index >= 15 is 0 Å². The lowest BCUT2D eigenvalue weighted by Gasteiger charge is -2.45. The van der Waals surface area contributed by atoms with Crippen molar-refractivity contribution in [3.05, 3.63) is 29.6 Å². The molecule has 156 valence electrons. The van der Waals surface area contributed by atoms with Crippen LogP contribution in [0.3, 0.4) is 0 Å². The van der Waals surface area contributed by atoms with E-state index in [1.165, 1.54) is 5.56 Å². The molecule has 0 aliphatic carbocycles. The van der Waals surface area contributed by atoms with E-state index in [1.54, 1.807) is 0 Å². The van der Waals surface area contributed by atoms with Gasteiger partial charge in [0.15, 0.2) is 8.32 Å². The minimum atomic E-state index is -1.91. The van der Waals surface area contributed by atoms with Crippen molar-refractivity contribution in [2.75, 3.05) is 0 Å². The maximum atomic E-state index is 12.3. The Labute approximate surface area is 177 Å². The van der Waals surface area contributed by atoms with Crippen molar-refractivity contribution >= 4 is 31.3 Å². The third-order valence-corrected chi connectivity index (χ3v) is 11.4. The lowest BCUT2D eigenvalue weighted by atomic mass is 9.80. The quantitative estimate of drug-likeness (QED) is 0.358. The van der Waals surface area contributed by atoms with Crippen molar-refractivity contribution in [2.45, 2.75) is 90.6 Å². The number of nitrogens with one attached hydrogen (secondary N) is 1. The Balaban J connectivity index is 2.04. The zero-order valence-electron chi connectivity index (χ0n) is 18.6. The predicted octanol–water partition coefficient (Wildman–Crippen LogP) is 5.17. The van der Waals surface area contributed by atoms with E-state index in [2.05, 4.69) is 64.1 Å². The van der Waals surface area contributed by atoms with Crippen LogP contribution in [0.2, 0.25) is 18.1 Å². The van der Waals surface area contributed by atoms with Gasteiger partial charge in [0.05, 0.1) is 17.7 Å². The number of aryl methyl sites for hydroxylation is 1. The van der Waals surface area contributed by atoms with Crippen LogP contribution in [0.1, 0.15) is 64.6 Å². The van der Waals surface area contributed by atoms with Gasteiger partial charge < -0.3 is 9.74 Å². The first-order chi connectivity index (χ1) is 12.8. The fraction of sp³-hybridized carbons (Fsp3) is 0.682. The number of aromatic nitrogens is 1. The van der Waals surface area contributed by atoms with Gasteiger partial charge in [0.25, 0.3) is 0 Å². The standard InChI is InChI=1S/C22H36N2O2SSi/c1-14-10-9-13-23-20(14)17(16(3)27)11-12-18-19(21(25)24-18)15(2)26-28(7,8)22(4,5)6/h9-10,13,15,17-19H,11-12H2,1-8H3,(H,24,25)/t15-,17+,18+,19-/m1/s1. The molecule has 2 rings (SSSR count). The van der Waals surface area contributed by atoms with Crippen LogP contribution in [0.4, 0.5) is 0 Å². The summed E-state index contributed by atoms with van der Waals surface area (Å²) in [6.45, 7) is 17.3. The lowest BCUT2D eigenvalue weighted by Crippen LogP contribution is -2.63. The highest BCUT2D eigenvalue weighted by atomic mass is 32.1. The summed E-state index contributed by atoms with van der Waals surface area (Å²) in [5.74, 6) is 0.178. The third-order valence-electron chi connectivity index (χ3n) is 6.49. The van der Waals surface area contributed by atoms with Gasteiger partial charge in [0.1, 0.15) is 0 Å². The highest BCUT2D eigenvalue weighted by Crippen LogP contribution is 2.39. The number of hydrogen-bond donors (Lipinski definition) is 1. The normalized spacial score (nSPS) is 22.2. The summed E-state index contributed by atoms with van der Waals surface area (Å²) in [6.07, 6.45) is 3.54. The van der Waals surface area contributed by atoms with Crippen molar-refractivity contribution in [2.24, 2.45) is 5.92 Å². The monoisotopic (exact) mass is 420 g/mol. The second-order valence-corrected chi connectivity index (χ2v) is 15.1. The molecule has 0 radical (unpaired) electrons. The maximum absolute atomic E-state index is 12.3. The number of thiocarbonyl (C=S) groups is 1. The van der Waals surface area contributed by atoms with E-state index in [1.807, 2.05) is 19.2 Å². The van der Waals surface area contributed by atoms with Gasteiger partial charge >= 0.3 is 0 Å². The largest absolute Gasteiger partial charge is 0.413 e. The molecule has 4 nitrogen and oxygen atoms in total. The number of amides is 1. The fourth-order valence-electron chi connectivity index (χ4n) is 3.70. The minimum absolute atomic E-state index is 0.0664. The molecular formula is C22H36N2O2SSi. The first-order valence-corrected chi connectivity index (χ1v) is 13.6. The van der Waals surface area contributed by atoms with Gasteiger partial charge in [0, 0.05) is 18.2 Å². The average molecular weight is 421 g/mol. The summed E-state index contributed by atoms with van der Waals surface area (Å²) in [6, 6.07) is 4.18. The number of carbonyl (C=O) groups excluding carboxylic acids is 1. The van der Waals surface area contributed by atoms with Gasteiger partial charge in [-0.25, -0.2) is 0 Å². The molecule has 1 aromatic heterocycles. The van der Waals surface area contributed by atoms with Crippen LogP contribution >= 0.6 is 12.2 Å². The lowest BCUT2D eigenvalue weighted by molar-refractivity contribution is -0.140. The van der Waals surface area contributed by atoms with Gasteiger partial charge in [-0.3, -0.25) is 9.78 Å². The highest BCUT2D eigenvalue weighted by molar-refractivity contribution is 7.80. The van der Waals surface area contributed by atoms with Crippen LogP contribution in [-0.4, -0.2) is 36.2 Å². The molecule has 1 aromatic rings. The van der Waals surface area contributed by atoms with Gasteiger partial charge in [-0.15, -0.1) is 0 Å². The van der Waals surface area contributed by atoms with Crippen molar-refractivity contribution < 1.29 is 9.22 Å². The molecule has 1 N–H and O–H groups in total. The van der Waals surface area contributed by atoms with Crippen molar-refractivity contribution in [1.82, 2.24) is 10.3 Å². The average Bonchev–Trinajstić information content (AvgIpc) is 2.53. The number of rotatable bonds is 8. The summed E-state index contributed by atoms with van der Waals surface area (Å²) in [5, 5.41) is 3.22. The van der Waals surface area contributed by atoms with Crippen LogP contribution < -0.4 is 5.32 Å². The van der Waals surface area contributed by atoms with Crippen molar-refractivity contribution in [1.29, 1.82) is 0 Å². The van der Waals surface area contributed by atoms with Crippen LogP contribution in [-0.2, 0) is 9.22 Å². The summed E-state index contributed by atoms with van der Waals surface area (Å²) < 4.78 is 6.50. The number of nitrogens with zero attached hydrogens (tertiary/aromatic N) is 1. The summed E-state index contributed by atoms with van der Waals surface area (Å²) in [4.78, 5) is 17.8. The Morgan fingerprint density at radius 2 is 2.04 bits per heavy atom. The van der Waals surface area contributed by atoms with Gasteiger partial charge in [-0.1, -0.05) is 39.1 Å². The van der Waals surface area contributed by atoms with Crippen LogP contribution in [0, 0.1) is 12.8 Å². The molecule has 4 atom stereocenters. The van der Waals surface area contributed by atoms with E-state index in [0.717, 1.165) is 23.4 Å². The number of hydrogen-bond acceptors (Lipinski definition) is 4. The van der Waals surface area contributed by atoms with Crippen LogP contribution in [0.25, 0.3) is 0 Å². The van der Waals surface area contributed by atoms with E-state index in [-0.39, 0.29) is 34.9 Å². The number of pyridine rings is 1. The third kappa shape index (κ3) is 5.08. The Bertz CT molecular complexity index is 729. The SMILES string of the molecule is CC(=S)[C@H](CC[C@@H]1NC(=O)[C@@H]1[C@@H](C)O[Si](C)(C)C(C)(C)C)c1ncccc1C. The molecule has 0 spiro atoms. The summed E-state index contributed by atoms with van der Waals surface area (Å²) >= 11 is 5.54. The first kappa shape index (κ1) is 23.2. The van der Waals surface area contributed by atoms with E-state index in [9.17, 15) is 4.79 Å². The van der Waals surface area contributed by atoms with Crippen LogP contribution in [0.5, 0.6) is 0 Å². The molecule has 1 fully saturated rings. The van der Waals surface area contributed by atoms with Gasteiger partial charge in [0.2, 0.25) is 5.91 Å². The Morgan fingerprint density at radius 1 is 1.39 bits per heavy atom. The molecule has 0 aromatic carbocycles. The maximum Gasteiger partial charge on any atom is 0.227 e. The zero-order chi connectivity index (χ0) is 21.3. The second kappa shape index (κ2) is 8.72. The van der Waals surface area contributed by atoms with Crippen molar-refractivity contribution in [3.63, 3.8) is 0 Å². The molecule has 0 saturated carbocycles. The molecule has 6 heteroatoms. The molecule has 1 aliphatic rings. The molecule has 1 amide bonds. The Kier molecular flexibility index (Phi) is 7.21. The van der Waals surface area contributed by atoms with Gasteiger partial charge in [-0.05, 0) is 68.2 Å². The molecule has 2 heterocycles. The van der Waals surface area contributed by atoms with Crippen molar-refractivity contribution in [3.8, 4) is 0 Å². The minimum Gasteiger partial charge on any atom is -0.413 e. The number of β-lactam (4-membered cyclic amide) rings is 1. The summed E-state index contributed by atoms with van der Waals surface area (Å²) in [7, 11) is -1.91. The zero-order valence-corrected chi connectivity index (χ0v) is 20.4. The van der Waals surface area contributed by atoms with E-state index in [4.69, 9.17) is 16.6 Å². The number of carbonyl (C=O) groups is 1. The fourth-order valence-corrected chi connectivity index (χ4v) is 5.36. The van der Waals surface area contributed by atoms with Gasteiger partial charge in [-0.2, -0.15) is 0 Å². The van der Waals surface area contributed by atoms with Crippen LogP contribution in [0.15, 0.2) is 18.3 Å². The molecular weight excluding hydrogens is 384 g/mol. The summed E-state index contributed by atoms with van der Waals surface area (Å²) in [5.41, 5.74) is 2.23. The molecule has 0 bridgehead atoms. The molecule has 28 heavy (non-hydrogen) atoms. The molecule has 1 aliphatic heterocycles. The molecule has 1 saturated heterocycles.